The van der Waals surface area contributed by atoms with Crippen LogP contribution >= 0.6 is 46.4 Å². The van der Waals surface area contributed by atoms with Gasteiger partial charge in [-0.2, -0.15) is 0 Å². The number of carbonyl (C=O) groups is 4. The molecule has 50 heavy (non-hydrogen) atoms. The van der Waals surface area contributed by atoms with Gasteiger partial charge in [0.15, 0.2) is 0 Å². The highest BCUT2D eigenvalue weighted by atomic mass is 35.5. The van der Waals surface area contributed by atoms with Crippen molar-refractivity contribution < 1.29 is 28.7 Å². The van der Waals surface area contributed by atoms with E-state index in [1.54, 1.807) is 48.5 Å². The van der Waals surface area contributed by atoms with Crippen molar-refractivity contribution in [1.82, 2.24) is 20.6 Å². The second-order valence-corrected chi connectivity index (χ2v) is 11.6. The molecule has 4 aromatic rings. The van der Waals surface area contributed by atoms with Gasteiger partial charge in [-0.1, -0.05) is 70.7 Å². The number of rotatable bonds is 13. The van der Waals surface area contributed by atoms with Crippen molar-refractivity contribution in [1.29, 1.82) is 0 Å². The molecular weight excluding hydrogens is 734 g/mol. The maximum atomic E-state index is 13.2. The molecular formula is C32H30Cl4N8O6. The van der Waals surface area contributed by atoms with Gasteiger partial charge >= 0.3 is 24.0 Å². The van der Waals surface area contributed by atoms with Crippen LogP contribution in [0.4, 0.5) is 32.3 Å². The second kappa shape index (κ2) is 18.1. The smallest absolute Gasteiger partial charge is 0.342 e. The van der Waals surface area contributed by atoms with E-state index in [9.17, 15) is 19.2 Å². The number of anilines is 4. The molecule has 0 aliphatic carbocycles. The van der Waals surface area contributed by atoms with Crippen LogP contribution in [-0.2, 0) is 9.47 Å². The van der Waals surface area contributed by atoms with E-state index in [2.05, 4.69) is 41.9 Å². The molecule has 0 saturated carbocycles. The van der Waals surface area contributed by atoms with E-state index in [0.29, 0.717) is 21.4 Å². The van der Waals surface area contributed by atoms with E-state index in [-0.39, 0.29) is 70.4 Å². The largest absolute Gasteiger partial charge is 0.465 e. The van der Waals surface area contributed by atoms with Gasteiger partial charge in [-0.25, -0.2) is 29.1 Å². The molecule has 18 heteroatoms. The molecule has 6 N–H and O–H groups in total. The molecule has 4 rings (SSSR count). The molecule has 0 saturated heterocycles. The molecule has 0 fully saturated rings. The van der Waals surface area contributed by atoms with E-state index >= 15 is 0 Å². The van der Waals surface area contributed by atoms with Crippen LogP contribution in [0.3, 0.4) is 0 Å². The molecule has 0 aliphatic heterocycles. The number of para-hydroxylation sites is 2. The van der Waals surface area contributed by atoms with Crippen molar-refractivity contribution in [3.63, 3.8) is 0 Å². The lowest BCUT2D eigenvalue weighted by Crippen LogP contribution is -2.33. The Hall–Kier alpha value is -5.02. The number of carbonyl (C=O) groups excluding carboxylic acids is 4. The van der Waals surface area contributed by atoms with Gasteiger partial charge in [0.1, 0.15) is 32.8 Å². The number of esters is 2. The lowest BCUT2D eigenvalue weighted by atomic mass is 10.0. The minimum Gasteiger partial charge on any atom is -0.465 e. The van der Waals surface area contributed by atoms with Crippen LogP contribution in [0.5, 0.6) is 0 Å². The fourth-order valence-corrected chi connectivity index (χ4v) is 5.22. The standard InChI is InChI=1S/C32H30Cl4N8O6/c1-49-29(45)25-21(37-11-13-39-31(47)41-19-9-5-3-7-17(19)33)15-23(35)43-27(25)28-26(30(46)50-2)22(16-24(36)44-28)38-12-14-40-32(48)42-20-10-6-4-8-18(20)34/h3-10,15-16H,11-14H2,1-2H3,(H,37,43)(H,38,44)(H2,39,41,47)(H2,40,42,48). The van der Waals surface area contributed by atoms with E-state index < -0.39 is 24.0 Å². The topological polar surface area (TPSA) is 185 Å². The maximum absolute atomic E-state index is 13.2. The molecule has 4 amide bonds. The van der Waals surface area contributed by atoms with Gasteiger partial charge in [0.25, 0.3) is 0 Å². The van der Waals surface area contributed by atoms with Gasteiger partial charge in [0.05, 0.1) is 47.0 Å². The second-order valence-electron chi connectivity index (χ2n) is 9.99. The zero-order valence-corrected chi connectivity index (χ0v) is 29.5. The predicted octanol–water partition coefficient (Wildman–Crippen LogP) is 6.80. The van der Waals surface area contributed by atoms with Crippen LogP contribution in [0.25, 0.3) is 11.4 Å². The van der Waals surface area contributed by atoms with Crippen LogP contribution in [0.1, 0.15) is 20.7 Å². The molecule has 0 atom stereocenters. The normalized spacial score (nSPS) is 10.4. The zero-order chi connectivity index (χ0) is 36.2. The number of nitrogens with zero attached hydrogens (tertiary/aromatic N) is 2. The summed E-state index contributed by atoms with van der Waals surface area (Å²) in [7, 11) is 2.33. The molecule has 0 spiro atoms. The number of halogens is 4. The maximum Gasteiger partial charge on any atom is 0.342 e. The lowest BCUT2D eigenvalue weighted by Gasteiger charge is -2.18. The summed E-state index contributed by atoms with van der Waals surface area (Å²) >= 11 is 25.0. The Bertz CT molecular complexity index is 1760. The van der Waals surface area contributed by atoms with Gasteiger partial charge in [0, 0.05) is 26.2 Å². The van der Waals surface area contributed by atoms with E-state index in [1.807, 2.05) is 0 Å². The SMILES string of the molecule is COC(=O)c1c(NCCNC(=O)Nc2ccccc2Cl)cc(Cl)nc1-c1nc(Cl)cc(NCCNC(=O)Nc2ccccc2Cl)c1C(=O)OC. The summed E-state index contributed by atoms with van der Waals surface area (Å²) in [5, 5.41) is 17.3. The number of aromatic nitrogens is 2. The van der Waals surface area contributed by atoms with Crippen LogP contribution in [0, 0.1) is 0 Å². The molecule has 0 aliphatic rings. The molecule has 2 aromatic heterocycles. The Balaban J connectivity index is 1.55. The number of amides is 4. The minimum absolute atomic E-state index is 0.0691. The summed E-state index contributed by atoms with van der Waals surface area (Å²) in [6, 6.07) is 15.2. The minimum atomic E-state index is -0.836. The molecule has 2 aromatic carbocycles. The van der Waals surface area contributed by atoms with Crippen molar-refractivity contribution in [2.45, 2.75) is 0 Å². The summed E-state index contributed by atoms with van der Waals surface area (Å²) in [6.45, 7) is 0.452. The number of ether oxygens (including phenoxy) is 2. The first-order chi connectivity index (χ1) is 24.0. The van der Waals surface area contributed by atoms with Crippen molar-refractivity contribution in [2.24, 2.45) is 0 Å². The number of hydrogen-bond acceptors (Lipinski definition) is 10. The summed E-state index contributed by atoms with van der Waals surface area (Å²) in [5.41, 5.74) is 0.665. The number of urea groups is 2. The highest BCUT2D eigenvalue weighted by molar-refractivity contribution is 6.34. The zero-order valence-electron chi connectivity index (χ0n) is 26.5. The average Bonchev–Trinajstić information content (AvgIpc) is 3.09. The lowest BCUT2D eigenvalue weighted by molar-refractivity contribution is 0.0590. The Morgan fingerprint density at radius 3 is 1.32 bits per heavy atom. The van der Waals surface area contributed by atoms with Gasteiger partial charge in [0.2, 0.25) is 0 Å². The van der Waals surface area contributed by atoms with Crippen molar-refractivity contribution >= 4 is 93.2 Å². The fraction of sp³-hybridized carbons (Fsp3) is 0.188. The first kappa shape index (κ1) is 37.8. The molecule has 0 unspecified atom stereocenters. The first-order valence-electron chi connectivity index (χ1n) is 14.7. The number of benzene rings is 2. The summed E-state index contributed by atoms with van der Waals surface area (Å²) in [5.74, 6) is -1.67. The number of nitrogens with one attached hydrogen (secondary N) is 6. The van der Waals surface area contributed by atoms with Gasteiger partial charge in [-0.3, -0.25) is 0 Å². The van der Waals surface area contributed by atoms with Crippen molar-refractivity contribution in [2.75, 3.05) is 61.7 Å². The summed E-state index contributed by atoms with van der Waals surface area (Å²) in [4.78, 5) is 59.7. The van der Waals surface area contributed by atoms with Crippen LogP contribution in [0.2, 0.25) is 20.4 Å². The molecule has 14 nitrogen and oxygen atoms in total. The third kappa shape index (κ3) is 10.0. The number of methoxy groups -OCH3 is 2. The Kier molecular flexibility index (Phi) is 13.7. The van der Waals surface area contributed by atoms with Crippen molar-refractivity contribution in [3.8, 4) is 11.4 Å². The summed E-state index contributed by atoms with van der Waals surface area (Å²) < 4.78 is 10.1. The first-order valence-corrected chi connectivity index (χ1v) is 16.2. The Labute approximate surface area is 306 Å². The Morgan fingerprint density at radius 2 is 0.960 bits per heavy atom. The quantitative estimate of drug-likeness (QED) is 0.0481. The van der Waals surface area contributed by atoms with E-state index in [1.165, 1.54) is 26.4 Å². The monoisotopic (exact) mass is 762 g/mol. The molecule has 0 radical (unpaired) electrons. The van der Waals surface area contributed by atoms with E-state index in [0.717, 1.165) is 0 Å². The molecule has 2 heterocycles. The highest BCUT2D eigenvalue weighted by Crippen LogP contribution is 2.36. The van der Waals surface area contributed by atoms with Crippen LogP contribution in [-0.4, -0.2) is 74.4 Å². The van der Waals surface area contributed by atoms with Gasteiger partial charge in [-0.15, -0.1) is 0 Å². The van der Waals surface area contributed by atoms with E-state index in [4.69, 9.17) is 55.9 Å². The molecule has 0 bridgehead atoms. The molecule has 262 valence electrons. The third-order valence-corrected chi connectivity index (χ3v) is 7.72. The number of pyridine rings is 2. The van der Waals surface area contributed by atoms with Crippen molar-refractivity contribution in [3.05, 3.63) is 92.1 Å². The fourth-order valence-electron chi connectivity index (χ4n) is 4.47. The highest BCUT2D eigenvalue weighted by Gasteiger charge is 2.29. The number of hydrogen-bond donors (Lipinski definition) is 6. The van der Waals surface area contributed by atoms with Crippen LogP contribution < -0.4 is 31.9 Å². The third-order valence-electron chi connectivity index (χ3n) is 6.68. The van der Waals surface area contributed by atoms with Gasteiger partial charge in [-0.05, 0) is 36.4 Å². The van der Waals surface area contributed by atoms with Gasteiger partial charge < -0.3 is 41.4 Å². The predicted molar refractivity (Wildman–Crippen MR) is 194 cm³/mol. The van der Waals surface area contributed by atoms with Crippen LogP contribution in [0.15, 0.2) is 60.7 Å². The average molecular weight is 764 g/mol. The Morgan fingerprint density at radius 1 is 0.580 bits per heavy atom. The summed E-state index contributed by atoms with van der Waals surface area (Å²) in [6.07, 6.45) is 0.